The lowest BCUT2D eigenvalue weighted by Crippen LogP contribution is -2.20. The summed E-state index contributed by atoms with van der Waals surface area (Å²) in [5.74, 6) is 0.735. The van der Waals surface area contributed by atoms with E-state index in [1.54, 1.807) is 7.11 Å². The van der Waals surface area contributed by atoms with Gasteiger partial charge in [0.1, 0.15) is 5.75 Å². The molecule has 0 saturated carbocycles. The predicted octanol–water partition coefficient (Wildman–Crippen LogP) is 3.50. The highest BCUT2D eigenvalue weighted by atomic mass is 79.9. The Labute approximate surface area is 122 Å². The number of hydrogen-bond donors (Lipinski definition) is 1. The molecule has 102 valence electrons. The van der Waals surface area contributed by atoms with Crippen molar-refractivity contribution >= 4 is 27.5 Å². The number of nitrogens with one attached hydrogen (secondary N) is 1. The Morgan fingerprint density at radius 2 is 2.06 bits per heavy atom. The highest BCUT2D eigenvalue weighted by Crippen LogP contribution is 2.27. The first-order valence-corrected chi connectivity index (χ1v) is 7.18. The standard InChI is InChI=1S/C13H19BrClNO2/c1-17-9-7-16-6-2-3-8-18-13-10-11(14)4-5-12(13)15/h4-5,10,16H,2-3,6-9H2,1H3. The Morgan fingerprint density at radius 1 is 1.22 bits per heavy atom. The zero-order valence-electron chi connectivity index (χ0n) is 10.5. The lowest BCUT2D eigenvalue weighted by Gasteiger charge is -2.08. The van der Waals surface area contributed by atoms with Crippen LogP contribution in [0.2, 0.25) is 5.02 Å². The number of halogens is 2. The van der Waals surface area contributed by atoms with Crippen LogP contribution in [0.3, 0.4) is 0 Å². The largest absolute Gasteiger partial charge is 0.492 e. The number of unbranched alkanes of at least 4 members (excludes halogenated alkanes) is 1. The maximum absolute atomic E-state index is 6.02. The topological polar surface area (TPSA) is 30.5 Å². The molecule has 0 aromatic heterocycles. The van der Waals surface area contributed by atoms with Crippen molar-refractivity contribution in [2.75, 3.05) is 33.4 Å². The van der Waals surface area contributed by atoms with Gasteiger partial charge in [-0.15, -0.1) is 0 Å². The third-order valence-electron chi connectivity index (χ3n) is 2.38. The van der Waals surface area contributed by atoms with E-state index in [2.05, 4.69) is 21.2 Å². The fourth-order valence-corrected chi connectivity index (χ4v) is 1.93. The smallest absolute Gasteiger partial charge is 0.139 e. The van der Waals surface area contributed by atoms with Crippen molar-refractivity contribution in [3.8, 4) is 5.75 Å². The van der Waals surface area contributed by atoms with Crippen LogP contribution in [0.15, 0.2) is 22.7 Å². The Kier molecular flexibility index (Phi) is 8.42. The first-order valence-electron chi connectivity index (χ1n) is 6.01. The van der Waals surface area contributed by atoms with E-state index >= 15 is 0 Å². The van der Waals surface area contributed by atoms with E-state index in [4.69, 9.17) is 21.1 Å². The summed E-state index contributed by atoms with van der Waals surface area (Å²) in [6.07, 6.45) is 2.08. The van der Waals surface area contributed by atoms with Crippen molar-refractivity contribution in [1.29, 1.82) is 0 Å². The molecular formula is C13H19BrClNO2. The van der Waals surface area contributed by atoms with Gasteiger partial charge in [0, 0.05) is 18.1 Å². The molecule has 0 atom stereocenters. The average Bonchev–Trinajstić information content (AvgIpc) is 2.36. The van der Waals surface area contributed by atoms with E-state index in [-0.39, 0.29) is 0 Å². The molecule has 0 saturated heterocycles. The molecule has 0 fully saturated rings. The molecule has 1 rings (SSSR count). The molecule has 0 spiro atoms. The van der Waals surface area contributed by atoms with Crippen LogP contribution in [0.5, 0.6) is 5.75 Å². The van der Waals surface area contributed by atoms with Crippen LogP contribution in [-0.4, -0.2) is 33.4 Å². The molecule has 0 amide bonds. The molecule has 1 N–H and O–H groups in total. The van der Waals surface area contributed by atoms with E-state index < -0.39 is 0 Å². The number of ether oxygens (including phenoxy) is 2. The minimum Gasteiger partial charge on any atom is -0.492 e. The second-order valence-electron chi connectivity index (χ2n) is 3.87. The fourth-order valence-electron chi connectivity index (χ4n) is 1.42. The summed E-state index contributed by atoms with van der Waals surface area (Å²) in [6.45, 7) is 3.32. The molecule has 3 nitrogen and oxygen atoms in total. The average molecular weight is 337 g/mol. The maximum atomic E-state index is 6.02. The van der Waals surface area contributed by atoms with Crippen molar-refractivity contribution in [3.63, 3.8) is 0 Å². The number of hydrogen-bond acceptors (Lipinski definition) is 3. The molecule has 0 unspecified atom stereocenters. The molecule has 0 bridgehead atoms. The number of methoxy groups -OCH3 is 1. The van der Waals surface area contributed by atoms with E-state index in [0.29, 0.717) is 11.6 Å². The van der Waals surface area contributed by atoms with Crippen molar-refractivity contribution in [2.24, 2.45) is 0 Å². The van der Waals surface area contributed by atoms with Crippen LogP contribution in [0, 0.1) is 0 Å². The van der Waals surface area contributed by atoms with E-state index in [1.807, 2.05) is 18.2 Å². The Balaban J connectivity index is 2.09. The summed E-state index contributed by atoms with van der Waals surface area (Å²) < 4.78 is 11.6. The molecule has 1 aromatic rings. The molecular weight excluding hydrogens is 318 g/mol. The van der Waals surface area contributed by atoms with Crippen LogP contribution in [0.25, 0.3) is 0 Å². The Hall–Kier alpha value is -0.290. The quantitative estimate of drug-likeness (QED) is 0.700. The van der Waals surface area contributed by atoms with E-state index in [9.17, 15) is 0 Å². The normalized spacial score (nSPS) is 10.6. The molecule has 5 heteroatoms. The lowest BCUT2D eigenvalue weighted by molar-refractivity contribution is 0.199. The third kappa shape index (κ3) is 6.59. The maximum Gasteiger partial charge on any atom is 0.139 e. The fraction of sp³-hybridized carbons (Fsp3) is 0.538. The highest BCUT2D eigenvalue weighted by molar-refractivity contribution is 9.10. The van der Waals surface area contributed by atoms with Gasteiger partial charge in [0.2, 0.25) is 0 Å². The van der Waals surface area contributed by atoms with Crippen LogP contribution in [-0.2, 0) is 4.74 Å². The predicted molar refractivity (Wildman–Crippen MR) is 78.6 cm³/mol. The van der Waals surface area contributed by atoms with Gasteiger partial charge in [0.25, 0.3) is 0 Å². The highest BCUT2D eigenvalue weighted by Gasteiger charge is 2.01. The van der Waals surface area contributed by atoms with Crippen molar-refractivity contribution in [3.05, 3.63) is 27.7 Å². The van der Waals surface area contributed by atoms with Crippen LogP contribution in [0.4, 0.5) is 0 Å². The molecule has 0 heterocycles. The third-order valence-corrected chi connectivity index (χ3v) is 3.19. The van der Waals surface area contributed by atoms with Crippen molar-refractivity contribution < 1.29 is 9.47 Å². The van der Waals surface area contributed by atoms with Crippen molar-refractivity contribution in [2.45, 2.75) is 12.8 Å². The monoisotopic (exact) mass is 335 g/mol. The second kappa shape index (κ2) is 9.62. The molecule has 0 aliphatic heterocycles. The molecule has 0 aliphatic carbocycles. The van der Waals surface area contributed by atoms with E-state index in [1.165, 1.54) is 0 Å². The first kappa shape index (κ1) is 15.8. The van der Waals surface area contributed by atoms with Gasteiger partial charge in [0.15, 0.2) is 0 Å². The van der Waals surface area contributed by atoms with Gasteiger partial charge in [-0.25, -0.2) is 0 Å². The molecule has 18 heavy (non-hydrogen) atoms. The molecule has 1 aromatic carbocycles. The van der Waals surface area contributed by atoms with Crippen LogP contribution < -0.4 is 10.1 Å². The summed E-state index contributed by atoms with van der Waals surface area (Å²) in [4.78, 5) is 0. The van der Waals surface area contributed by atoms with Gasteiger partial charge >= 0.3 is 0 Å². The summed E-state index contributed by atoms with van der Waals surface area (Å²) in [5.41, 5.74) is 0. The number of rotatable bonds is 9. The Bertz CT molecular complexity index is 350. The zero-order valence-corrected chi connectivity index (χ0v) is 12.9. The summed E-state index contributed by atoms with van der Waals surface area (Å²) >= 11 is 9.42. The first-order chi connectivity index (χ1) is 8.74. The van der Waals surface area contributed by atoms with Crippen molar-refractivity contribution in [1.82, 2.24) is 5.32 Å². The van der Waals surface area contributed by atoms with Gasteiger partial charge in [-0.1, -0.05) is 27.5 Å². The Morgan fingerprint density at radius 3 is 2.83 bits per heavy atom. The minimum atomic E-state index is 0.649. The molecule has 0 radical (unpaired) electrons. The van der Waals surface area contributed by atoms with Gasteiger partial charge in [0.05, 0.1) is 18.2 Å². The van der Waals surface area contributed by atoms with Gasteiger partial charge in [-0.2, -0.15) is 0 Å². The number of benzene rings is 1. The zero-order chi connectivity index (χ0) is 13.2. The summed E-state index contributed by atoms with van der Waals surface area (Å²) in [7, 11) is 1.71. The SMILES string of the molecule is COCCNCCCCOc1cc(Br)ccc1Cl. The van der Waals surface area contributed by atoms with E-state index in [0.717, 1.165) is 42.8 Å². The summed E-state index contributed by atoms with van der Waals surface area (Å²) in [5, 5.41) is 3.94. The second-order valence-corrected chi connectivity index (χ2v) is 5.20. The van der Waals surface area contributed by atoms with Crippen LogP contribution >= 0.6 is 27.5 Å². The summed E-state index contributed by atoms with van der Waals surface area (Å²) in [6, 6.07) is 5.61. The van der Waals surface area contributed by atoms with Gasteiger partial charge < -0.3 is 14.8 Å². The lowest BCUT2D eigenvalue weighted by atomic mass is 10.3. The minimum absolute atomic E-state index is 0.649. The molecule has 0 aliphatic rings. The van der Waals surface area contributed by atoms with Gasteiger partial charge in [-0.05, 0) is 37.6 Å². The van der Waals surface area contributed by atoms with Gasteiger partial charge in [-0.3, -0.25) is 0 Å². The van der Waals surface area contributed by atoms with Crippen LogP contribution in [0.1, 0.15) is 12.8 Å².